The van der Waals surface area contributed by atoms with Crippen LogP contribution in [0.1, 0.15) is 13.8 Å². The lowest BCUT2D eigenvalue weighted by Gasteiger charge is -2.11. The number of aliphatic imine (C=N–C) groups is 1. The SMILES string of the molecule is COCCNC1=NCC(C(C)C)S1. The Hall–Kier alpha value is -0.220. The smallest absolute Gasteiger partial charge is 0.157 e. The van der Waals surface area contributed by atoms with E-state index in [1.807, 2.05) is 11.8 Å². The van der Waals surface area contributed by atoms with E-state index in [4.69, 9.17) is 4.74 Å². The first-order valence-corrected chi connectivity index (χ1v) is 5.56. The van der Waals surface area contributed by atoms with Gasteiger partial charge in [0.2, 0.25) is 0 Å². The van der Waals surface area contributed by atoms with Crippen LogP contribution in [0, 0.1) is 5.92 Å². The summed E-state index contributed by atoms with van der Waals surface area (Å²) in [7, 11) is 1.71. The minimum absolute atomic E-state index is 0.657. The van der Waals surface area contributed by atoms with Gasteiger partial charge < -0.3 is 10.1 Å². The van der Waals surface area contributed by atoms with Crippen LogP contribution in [0.15, 0.2) is 4.99 Å². The van der Waals surface area contributed by atoms with E-state index in [1.165, 1.54) is 0 Å². The maximum atomic E-state index is 4.95. The van der Waals surface area contributed by atoms with E-state index in [0.29, 0.717) is 11.2 Å². The molecule has 1 aliphatic rings. The van der Waals surface area contributed by atoms with Crippen molar-refractivity contribution in [1.82, 2.24) is 5.32 Å². The number of nitrogens with zero attached hydrogens (tertiary/aromatic N) is 1. The predicted octanol–water partition coefficient (Wildman–Crippen LogP) is 1.35. The van der Waals surface area contributed by atoms with E-state index in [9.17, 15) is 0 Å². The first-order valence-electron chi connectivity index (χ1n) is 4.68. The number of nitrogens with one attached hydrogen (secondary N) is 1. The fraction of sp³-hybridized carbons (Fsp3) is 0.889. The van der Waals surface area contributed by atoms with Crippen LogP contribution in [-0.2, 0) is 4.74 Å². The summed E-state index contributed by atoms with van der Waals surface area (Å²) in [5, 5.41) is 4.99. The molecule has 0 spiro atoms. The third-order valence-electron chi connectivity index (χ3n) is 2.00. The molecular weight excluding hydrogens is 184 g/mol. The second kappa shape index (κ2) is 5.50. The van der Waals surface area contributed by atoms with Gasteiger partial charge in [-0.15, -0.1) is 0 Å². The molecule has 0 bridgehead atoms. The zero-order chi connectivity index (χ0) is 9.68. The van der Waals surface area contributed by atoms with Crippen LogP contribution in [0.5, 0.6) is 0 Å². The molecule has 0 radical (unpaired) electrons. The summed E-state index contributed by atoms with van der Waals surface area (Å²) in [6.07, 6.45) is 0. The standard InChI is InChI=1S/C9H18N2OS/c1-7(2)8-6-11-9(13-8)10-4-5-12-3/h7-8H,4-6H2,1-3H3,(H,10,11). The van der Waals surface area contributed by atoms with Crippen molar-refractivity contribution in [2.75, 3.05) is 26.8 Å². The average molecular weight is 202 g/mol. The fourth-order valence-electron chi connectivity index (χ4n) is 1.10. The Labute approximate surface area is 84.3 Å². The van der Waals surface area contributed by atoms with Crippen molar-refractivity contribution < 1.29 is 4.74 Å². The molecular formula is C9H18N2OS. The van der Waals surface area contributed by atoms with Gasteiger partial charge in [0.05, 0.1) is 13.2 Å². The molecule has 4 heteroatoms. The molecule has 0 aromatic rings. The van der Waals surface area contributed by atoms with E-state index in [-0.39, 0.29) is 0 Å². The summed E-state index contributed by atoms with van der Waals surface area (Å²) < 4.78 is 4.95. The summed E-state index contributed by atoms with van der Waals surface area (Å²) in [6, 6.07) is 0. The summed E-state index contributed by atoms with van der Waals surface area (Å²) in [5.74, 6) is 0.704. The number of rotatable bonds is 4. The van der Waals surface area contributed by atoms with E-state index in [0.717, 1.165) is 24.9 Å². The zero-order valence-electron chi connectivity index (χ0n) is 8.54. The maximum absolute atomic E-state index is 4.95. The van der Waals surface area contributed by atoms with Crippen LogP contribution in [-0.4, -0.2) is 37.2 Å². The molecule has 1 atom stereocenters. The van der Waals surface area contributed by atoms with Crippen molar-refractivity contribution in [1.29, 1.82) is 0 Å². The molecule has 0 fully saturated rings. The molecule has 0 saturated heterocycles. The van der Waals surface area contributed by atoms with Gasteiger partial charge in [0.1, 0.15) is 0 Å². The Morgan fingerprint density at radius 1 is 1.69 bits per heavy atom. The number of ether oxygens (including phenoxy) is 1. The van der Waals surface area contributed by atoms with Gasteiger partial charge in [-0.3, -0.25) is 4.99 Å². The molecule has 0 aromatic heterocycles. The summed E-state index contributed by atoms with van der Waals surface area (Å²) in [6.45, 7) is 7.04. The zero-order valence-corrected chi connectivity index (χ0v) is 9.36. The third-order valence-corrected chi connectivity index (χ3v) is 3.50. The Bertz CT molecular complexity index is 182. The highest BCUT2D eigenvalue weighted by molar-refractivity contribution is 8.14. The van der Waals surface area contributed by atoms with Gasteiger partial charge in [-0.1, -0.05) is 25.6 Å². The van der Waals surface area contributed by atoms with E-state index in [1.54, 1.807) is 7.11 Å². The van der Waals surface area contributed by atoms with Gasteiger partial charge >= 0.3 is 0 Å². The molecule has 1 aliphatic heterocycles. The molecule has 0 aliphatic carbocycles. The van der Waals surface area contributed by atoms with Crippen LogP contribution in [0.2, 0.25) is 0 Å². The second-order valence-electron chi connectivity index (χ2n) is 3.47. The first-order chi connectivity index (χ1) is 6.24. The maximum Gasteiger partial charge on any atom is 0.157 e. The van der Waals surface area contributed by atoms with Gasteiger partial charge in [0.15, 0.2) is 5.17 Å². The summed E-state index contributed by atoms with van der Waals surface area (Å²) >= 11 is 1.85. The van der Waals surface area contributed by atoms with E-state index in [2.05, 4.69) is 24.2 Å². The predicted molar refractivity (Wildman–Crippen MR) is 58.4 cm³/mol. The normalized spacial score (nSPS) is 22.2. The molecule has 0 aromatic carbocycles. The van der Waals surface area contributed by atoms with Gasteiger partial charge in [-0.05, 0) is 5.92 Å². The third kappa shape index (κ3) is 3.56. The number of amidine groups is 1. The minimum atomic E-state index is 0.657. The van der Waals surface area contributed by atoms with Crippen molar-refractivity contribution in [3.63, 3.8) is 0 Å². The van der Waals surface area contributed by atoms with Gasteiger partial charge in [0.25, 0.3) is 0 Å². The fourth-order valence-corrected chi connectivity index (χ4v) is 2.14. The second-order valence-corrected chi connectivity index (χ2v) is 4.69. The van der Waals surface area contributed by atoms with Crippen molar-refractivity contribution in [3.05, 3.63) is 0 Å². The average Bonchev–Trinajstić information content (AvgIpc) is 2.53. The quantitative estimate of drug-likeness (QED) is 0.699. The van der Waals surface area contributed by atoms with Crippen molar-refractivity contribution in [2.24, 2.45) is 10.9 Å². The molecule has 1 N–H and O–H groups in total. The minimum Gasteiger partial charge on any atom is -0.383 e. The molecule has 0 amide bonds. The number of hydrogen-bond acceptors (Lipinski definition) is 4. The Morgan fingerprint density at radius 3 is 3.00 bits per heavy atom. The van der Waals surface area contributed by atoms with Crippen LogP contribution >= 0.6 is 11.8 Å². The summed E-state index contributed by atoms with van der Waals surface area (Å²) in [4.78, 5) is 4.42. The van der Waals surface area contributed by atoms with Gasteiger partial charge in [0, 0.05) is 18.9 Å². The molecule has 3 nitrogen and oxygen atoms in total. The molecule has 1 heterocycles. The van der Waals surface area contributed by atoms with Crippen LogP contribution in [0.4, 0.5) is 0 Å². The van der Waals surface area contributed by atoms with E-state index < -0.39 is 0 Å². The number of thioether (sulfide) groups is 1. The topological polar surface area (TPSA) is 33.6 Å². The van der Waals surface area contributed by atoms with Crippen molar-refractivity contribution in [2.45, 2.75) is 19.1 Å². The van der Waals surface area contributed by atoms with Crippen LogP contribution in [0.3, 0.4) is 0 Å². The van der Waals surface area contributed by atoms with Gasteiger partial charge in [-0.2, -0.15) is 0 Å². The Morgan fingerprint density at radius 2 is 2.46 bits per heavy atom. The van der Waals surface area contributed by atoms with Gasteiger partial charge in [-0.25, -0.2) is 0 Å². The van der Waals surface area contributed by atoms with Crippen LogP contribution in [0.25, 0.3) is 0 Å². The lowest BCUT2D eigenvalue weighted by Crippen LogP contribution is -2.24. The molecule has 1 rings (SSSR count). The highest BCUT2D eigenvalue weighted by Gasteiger charge is 2.21. The Kier molecular flexibility index (Phi) is 4.59. The summed E-state index contributed by atoms with van der Waals surface area (Å²) in [5.41, 5.74) is 0. The van der Waals surface area contributed by atoms with Crippen molar-refractivity contribution >= 4 is 16.9 Å². The number of hydrogen-bond donors (Lipinski definition) is 1. The van der Waals surface area contributed by atoms with E-state index >= 15 is 0 Å². The first kappa shape index (κ1) is 10.9. The monoisotopic (exact) mass is 202 g/mol. The highest BCUT2D eigenvalue weighted by atomic mass is 32.2. The molecule has 0 saturated carbocycles. The Balaban J connectivity index is 2.16. The molecule has 13 heavy (non-hydrogen) atoms. The number of methoxy groups -OCH3 is 1. The van der Waals surface area contributed by atoms with Crippen molar-refractivity contribution in [3.8, 4) is 0 Å². The lowest BCUT2D eigenvalue weighted by molar-refractivity contribution is 0.204. The highest BCUT2D eigenvalue weighted by Crippen LogP contribution is 2.25. The lowest BCUT2D eigenvalue weighted by atomic mass is 10.1. The molecule has 1 unspecified atom stereocenters. The molecule has 76 valence electrons. The van der Waals surface area contributed by atoms with Crippen LogP contribution < -0.4 is 5.32 Å². The largest absolute Gasteiger partial charge is 0.383 e.